The van der Waals surface area contributed by atoms with E-state index in [-0.39, 0.29) is 12.2 Å². The predicted molar refractivity (Wildman–Crippen MR) is 58.3 cm³/mol. The molecule has 0 aliphatic rings. The Balaban J connectivity index is 2.78. The number of carboxylic acids is 1. The molecule has 0 aliphatic carbocycles. The zero-order valence-electron chi connectivity index (χ0n) is 9.42. The summed E-state index contributed by atoms with van der Waals surface area (Å²) < 4.78 is 18.7. The van der Waals surface area contributed by atoms with Gasteiger partial charge in [0.2, 0.25) is 0 Å². The molecule has 4 heteroatoms. The number of hydrogen-bond donors (Lipinski definition) is 1. The second-order valence-corrected chi connectivity index (χ2v) is 3.66. The average Bonchev–Trinajstić information content (AvgIpc) is 2.23. The van der Waals surface area contributed by atoms with Crippen LogP contribution in [0.15, 0.2) is 12.1 Å². The molecule has 0 bridgehead atoms. The van der Waals surface area contributed by atoms with Crippen LogP contribution in [0.5, 0.6) is 5.75 Å². The van der Waals surface area contributed by atoms with Crippen LogP contribution >= 0.6 is 0 Å². The molecule has 0 fully saturated rings. The summed E-state index contributed by atoms with van der Waals surface area (Å²) in [4.78, 5) is 10.3. The highest BCUT2D eigenvalue weighted by Crippen LogP contribution is 2.22. The Morgan fingerprint density at radius 3 is 2.75 bits per heavy atom. The minimum atomic E-state index is -0.861. The number of benzene rings is 1. The van der Waals surface area contributed by atoms with Gasteiger partial charge in [0.25, 0.3) is 0 Å². The minimum absolute atomic E-state index is 0.0513. The maximum atomic E-state index is 13.6. The molecule has 0 radical (unpaired) electrons. The maximum absolute atomic E-state index is 13.6. The highest BCUT2D eigenvalue weighted by molar-refractivity contribution is 5.66. The van der Waals surface area contributed by atoms with Crippen LogP contribution in [0.3, 0.4) is 0 Å². The standard InChI is InChI=1S/C12H15FO3/c1-8-6-10(16-2)7-9(12(8)13)4-3-5-11(14)15/h6-7H,3-5H2,1-2H3,(H,14,15). The summed E-state index contributed by atoms with van der Waals surface area (Å²) in [6.07, 6.45) is 0.894. The van der Waals surface area contributed by atoms with Gasteiger partial charge in [-0.05, 0) is 43.0 Å². The minimum Gasteiger partial charge on any atom is -0.497 e. The van der Waals surface area contributed by atoms with E-state index in [1.54, 1.807) is 19.1 Å². The van der Waals surface area contributed by atoms with Crippen molar-refractivity contribution in [2.24, 2.45) is 0 Å². The normalized spacial score (nSPS) is 10.2. The van der Waals surface area contributed by atoms with Gasteiger partial charge in [-0.3, -0.25) is 4.79 Å². The van der Waals surface area contributed by atoms with Crippen LogP contribution < -0.4 is 4.74 Å². The van der Waals surface area contributed by atoms with Crippen molar-refractivity contribution in [1.29, 1.82) is 0 Å². The van der Waals surface area contributed by atoms with Crippen LogP contribution in [-0.2, 0) is 11.2 Å². The topological polar surface area (TPSA) is 46.5 Å². The number of hydrogen-bond acceptors (Lipinski definition) is 2. The summed E-state index contributed by atoms with van der Waals surface area (Å²) in [5.74, 6) is -0.532. The number of carbonyl (C=O) groups is 1. The van der Waals surface area contributed by atoms with Crippen LogP contribution in [-0.4, -0.2) is 18.2 Å². The Morgan fingerprint density at radius 2 is 2.19 bits per heavy atom. The number of ether oxygens (including phenoxy) is 1. The first-order valence-electron chi connectivity index (χ1n) is 5.09. The molecule has 16 heavy (non-hydrogen) atoms. The lowest BCUT2D eigenvalue weighted by Crippen LogP contribution is -1.99. The first-order chi connectivity index (χ1) is 7.54. The molecule has 0 heterocycles. The molecule has 0 saturated heterocycles. The summed E-state index contributed by atoms with van der Waals surface area (Å²) >= 11 is 0. The van der Waals surface area contributed by atoms with Gasteiger partial charge in [0.05, 0.1) is 7.11 Å². The lowest BCUT2D eigenvalue weighted by atomic mass is 10.0. The summed E-state index contributed by atoms with van der Waals surface area (Å²) in [5, 5.41) is 8.50. The number of rotatable bonds is 5. The molecule has 0 atom stereocenters. The predicted octanol–water partition coefficient (Wildman–Crippen LogP) is 2.55. The van der Waals surface area contributed by atoms with E-state index in [4.69, 9.17) is 9.84 Å². The molecule has 0 aromatic heterocycles. The third-order valence-electron chi connectivity index (χ3n) is 2.38. The van der Waals surface area contributed by atoms with Crippen LogP contribution in [0.1, 0.15) is 24.0 Å². The van der Waals surface area contributed by atoms with Crippen molar-refractivity contribution in [2.45, 2.75) is 26.2 Å². The van der Waals surface area contributed by atoms with Crippen molar-refractivity contribution in [2.75, 3.05) is 7.11 Å². The summed E-state index contributed by atoms with van der Waals surface area (Å²) in [7, 11) is 1.52. The Bertz CT molecular complexity index is 388. The van der Waals surface area contributed by atoms with Crippen LogP contribution in [0, 0.1) is 12.7 Å². The van der Waals surface area contributed by atoms with Gasteiger partial charge in [0.1, 0.15) is 11.6 Å². The first-order valence-corrected chi connectivity index (χ1v) is 5.09. The summed E-state index contributed by atoms with van der Waals surface area (Å²) in [5.41, 5.74) is 1.03. The molecule has 1 rings (SSSR count). The molecule has 1 aromatic rings. The van der Waals surface area contributed by atoms with Crippen molar-refractivity contribution < 1.29 is 19.0 Å². The van der Waals surface area contributed by atoms with Crippen molar-refractivity contribution in [1.82, 2.24) is 0 Å². The van der Waals surface area contributed by atoms with Gasteiger partial charge in [0.15, 0.2) is 0 Å². The molecular weight excluding hydrogens is 211 g/mol. The lowest BCUT2D eigenvalue weighted by Gasteiger charge is -2.08. The molecule has 0 spiro atoms. The summed E-state index contributed by atoms with van der Waals surface area (Å²) in [6, 6.07) is 3.24. The maximum Gasteiger partial charge on any atom is 0.303 e. The van der Waals surface area contributed by atoms with Gasteiger partial charge in [-0.1, -0.05) is 0 Å². The van der Waals surface area contributed by atoms with E-state index in [1.165, 1.54) is 7.11 Å². The van der Waals surface area contributed by atoms with Crippen molar-refractivity contribution >= 4 is 5.97 Å². The summed E-state index contributed by atoms with van der Waals surface area (Å²) in [6.45, 7) is 1.67. The fourth-order valence-corrected chi connectivity index (χ4v) is 1.54. The van der Waals surface area contributed by atoms with Crippen LogP contribution in [0.25, 0.3) is 0 Å². The number of methoxy groups -OCH3 is 1. The molecule has 0 aliphatic heterocycles. The smallest absolute Gasteiger partial charge is 0.303 e. The number of aliphatic carboxylic acids is 1. The second-order valence-electron chi connectivity index (χ2n) is 3.66. The van der Waals surface area contributed by atoms with E-state index in [0.717, 1.165) is 0 Å². The van der Waals surface area contributed by atoms with Crippen molar-refractivity contribution in [3.8, 4) is 5.75 Å². The van der Waals surface area contributed by atoms with Crippen molar-refractivity contribution in [3.63, 3.8) is 0 Å². The molecule has 0 amide bonds. The van der Waals surface area contributed by atoms with E-state index in [9.17, 15) is 9.18 Å². The molecule has 1 N–H and O–H groups in total. The molecule has 3 nitrogen and oxygen atoms in total. The zero-order valence-corrected chi connectivity index (χ0v) is 9.42. The van der Waals surface area contributed by atoms with E-state index in [2.05, 4.69) is 0 Å². The Hall–Kier alpha value is -1.58. The zero-order chi connectivity index (χ0) is 12.1. The monoisotopic (exact) mass is 226 g/mol. The van der Waals surface area contributed by atoms with Crippen LogP contribution in [0.4, 0.5) is 4.39 Å². The van der Waals surface area contributed by atoms with Crippen molar-refractivity contribution in [3.05, 3.63) is 29.1 Å². The van der Waals surface area contributed by atoms with E-state index < -0.39 is 5.97 Å². The van der Waals surface area contributed by atoms with Gasteiger partial charge in [0, 0.05) is 6.42 Å². The first kappa shape index (κ1) is 12.5. The highest BCUT2D eigenvalue weighted by Gasteiger charge is 2.09. The third-order valence-corrected chi connectivity index (χ3v) is 2.38. The quantitative estimate of drug-likeness (QED) is 0.839. The molecular formula is C12H15FO3. The van der Waals surface area contributed by atoms with E-state index >= 15 is 0 Å². The van der Waals surface area contributed by atoms with Gasteiger partial charge in [-0.2, -0.15) is 0 Å². The Labute approximate surface area is 93.9 Å². The molecule has 1 aromatic carbocycles. The van der Waals surface area contributed by atoms with Gasteiger partial charge in [-0.15, -0.1) is 0 Å². The molecule has 88 valence electrons. The highest BCUT2D eigenvalue weighted by atomic mass is 19.1. The number of aryl methyl sites for hydroxylation is 2. The SMILES string of the molecule is COc1cc(C)c(F)c(CCCC(=O)O)c1. The molecule has 0 unspecified atom stereocenters. The second kappa shape index (κ2) is 5.49. The van der Waals surface area contributed by atoms with Crippen LogP contribution in [0.2, 0.25) is 0 Å². The molecule has 0 saturated carbocycles. The Morgan fingerprint density at radius 1 is 1.50 bits per heavy atom. The Kier molecular flexibility index (Phi) is 4.28. The fraction of sp³-hybridized carbons (Fsp3) is 0.417. The van der Waals surface area contributed by atoms with Gasteiger partial charge in [-0.25, -0.2) is 4.39 Å². The van der Waals surface area contributed by atoms with E-state index in [0.29, 0.717) is 29.7 Å². The number of halogens is 1. The fourth-order valence-electron chi connectivity index (χ4n) is 1.54. The average molecular weight is 226 g/mol. The third kappa shape index (κ3) is 3.22. The van der Waals surface area contributed by atoms with E-state index in [1.807, 2.05) is 0 Å². The van der Waals surface area contributed by atoms with Gasteiger partial charge < -0.3 is 9.84 Å². The number of carboxylic acid groups (broad SMARTS) is 1. The lowest BCUT2D eigenvalue weighted by molar-refractivity contribution is -0.137. The van der Waals surface area contributed by atoms with Gasteiger partial charge >= 0.3 is 5.97 Å². The largest absolute Gasteiger partial charge is 0.497 e.